The van der Waals surface area contributed by atoms with Crippen LogP contribution < -0.4 is 5.73 Å². The largest absolute Gasteiger partial charge is 0.380 e. The number of para-hydroxylation sites is 1. The Balaban J connectivity index is 2.55. The Morgan fingerprint density at radius 3 is 3.07 bits per heavy atom. The van der Waals surface area contributed by atoms with Crippen LogP contribution in [0.1, 0.15) is 5.56 Å². The van der Waals surface area contributed by atoms with Crippen LogP contribution >= 0.6 is 0 Å². The molecule has 0 unspecified atom stereocenters. The first-order chi connectivity index (χ1) is 7.25. The van der Waals surface area contributed by atoms with E-state index in [1.807, 2.05) is 31.2 Å². The molecule has 0 fully saturated rings. The Morgan fingerprint density at radius 2 is 2.20 bits per heavy atom. The van der Waals surface area contributed by atoms with Crippen LogP contribution in [-0.2, 0) is 0 Å². The van der Waals surface area contributed by atoms with Crippen LogP contribution in [0.2, 0.25) is 0 Å². The summed E-state index contributed by atoms with van der Waals surface area (Å²) in [6.45, 7) is 2.01. The number of nitrogens with zero attached hydrogens (tertiary/aromatic N) is 2. The Kier molecular flexibility index (Phi) is 1.48. The molecule has 4 nitrogen and oxygen atoms in total. The number of benzene rings is 1. The maximum absolute atomic E-state index is 5.66. The lowest BCUT2D eigenvalue weighted by Crippen LogP contribution is -1.86. The number of rotatable bonds is 0. The van der Waals surface area contributed by atoms with Crippen LogP contribution in [0.25, 0.3) is 22.0 Å². The second kappa shape index (κ2) is 2.70. The molecular weight excluding hydrogens is 190 g/mol. The summed E-state index contributed by atoms with van der Waals surface area (Å²) in [5, 5.41) is 5.51. The van der Waals surface area contributed by atoms with Crippen molar-refractivity contribution >= 4 is 27.8 Å². The number of fused-ring (bicyclic) bond motifs is 2. The third-order valence-electron chi connectivity index (χ3n) is 2.52. The number of aromatic nitrogens is 2. The van der Waals surface area contributed by atoms with Crippen molar-refractivity contribution in [3.8, 4) is 0 Å². The molecular formula is C11H9N3O. The van der Waals surface area contributed by atoms with Crippen LogP contribution in [0.4, 0.5) is 5.82 Å². The molecule has 0 bridgehead atoms. The first-order valence-electron chi connectivity index (χ1n) is 4.67. The molecule has 15 heavy (non-hydrogen) atoms. The normalized spacial score (nSPS) is 11.3. The van der Waals surface area contributed by atoms with E-state index in [1.54, 1.807) is 0 Å². The van der Waals surface area contributed by atoms with Gasteiger partial charge in [-0.25, -0.2) is 4.98 Å². The van der Waals surface area contributed by atoms with Crippen LogP contribution in [0.15, 0.2) is 28.8 Å². The zero-order valence-corrected chi connectivity index (χ0v) is 8.19. The van der Waals surface area contributed by atoms with Gasteiger partial charge in [0.1, 0.15) is 0 Å². The lowest BCUT2D eigenvalue weighted by molar-refractivity contribution is 0.453. The number of hydrogen-bond donors (Lipinski definition) is 1. The van der Waals surface area contributed by atoms with Crippen molar-refractivity contribution in [1.29, 1.82) is 0 Å². The summed E-state index contributed by atoms with van der Waals surface area (Å²) in [5.41, 5.74) is 8.20. The van der Waals surface area contributed by atoms with E-state index in [0.29, 0.717) is 11.5 Å². The predicted molar refractivity (Wildman–Crippen MR) is 58.5 cm³/mol. The number of nitrogens with two attached hydrogens (primary N) is 1. The van der Waals surface area contributed by atoms with Gasteiger partial charge in [-0.1, -0.05) is 23.4 Å². The van der Waals surface area contributed by atoms with E-state index in [1.165, 1.54) is 0 Å². The average Bonchev–Trinajstić information content (AvgIpc) is 2.59. The van der Waals surface area contributed by atoms with Gasteiger partial charge in [0.25, 0.3) is 5.71 Å². The third kappa shape index (κ3) is 1.08. The maximum Gasteiger partial charge on any atom is 0.260 e. The molecule has 0 radical (unpaired) electrons. The van der Waals surface area contributed by atoms with Crippen LogP contribution in [0.3, 0.4) is 0 Å². The fourth-order valence-corrected chi connectivity index (χ4v) is 1.72. The molecule has 0 aliphatic carbocycles. The molecule has 4 heteroatoms. The van der Waals surface area contributed by atoms with E-state index in [0.717, 1.165) is 21.9 Å². The summed E-state index contributed by atoms with van der Waals surface area (Å²) in [5.74, 6) is 0.390. The minimum atomic E-state index is 0.390. The molecule has 1 aromatic carbocycles. The van der Waals surface area contributed by atoms with Gasteiger partial charge in [0, 0.05) is 5.39 Å². The molecule has 0 saturated heterocycles. The molecule has 0 aliphatic heterocycles. The number of hydrogen-bond acceptors (Lipinski definition) is 4. The lowest BCUT2D eigenvalue weighted by atomic mass is 10.1. The molecule has 2 heterocycles. The predicted octanol–water partition coefficient (Wildman–Crippen LogP) is 2.27. The van der Waals surface area contributed by atoms with Crippen molar-refractivity contribution in [2.75, 3.05) is 5.73 Å². The van der Waals surface area contributed by atoms with Crippen molar-refractivity contribution < 1.29 is 4.52 Å². The van der Waals surface area contributed by atoms with Gasteiger partial charge in [0.05, 0.1) is 10.9 Å². The minimum absolute atomic E-state index is 0.390. The van der Waals surface area contributed by atoms with Gasteiger partial charge in [-0.05, 0) is 18.6 Å². The fourth-order valence-electron chi connectivity index (χ4n) is 1.72. The highest BCUT2D eigenvalue weighted by molar-refractivity contribution is 5.96. The Morgan fingerprint density at radius 1 is 1.33 bits per heavy atom. The summed E-state index contributed by atoms with van der Waals surface area (Å²) >= 11 is 0. The second-order valence-electron chi connectivity index (χ2n) is 3.56. The summed E-state index contributed by atoms with van der Waals surface area (Å²) in [6, 6.07) is 7.97. The molecule has 0 saturated carbocycles. The van der Waals surface area contributed by atoms with Gasteiger partial charge in [0.15, 0.2) is 5.82 Å². The first-order valence-corrected chi connectivity index (χ1v) is 4.67. The summed E-state index contributed by atoms with van der Waals surface area (Å²) in [7, 11) is 0. The molecule has 0 amide bonds. The number of pyridine rings is 1. The molecule has 2 N–H and O–H groups in total. The van der Waals surface area contributed by atoms with E-state index in [4.69, 9.17) is 10.3 Å². The highest BCUT2D eigenvalue weighted by Crippen LogP contribution is 2.24. The van der Waals surface area contributed by atoms with E-state index in [9.17, 15) is 0 Å². The van der Waals surface area contributed by atoms with Gasteiger partial charge >= 0.3 is 0 Å². The van der Waals surface area contributed by atoms with E-state index >= 15 is 0 Å². The summed E-state index contributed by atoms with van der Waals surface area (Å²) in [6.07, 6.45) is 0. The van der Waals surface area contributed by atoms with Crippen LogP contribution in [-0.4, -0.2) is 10.1 Å². The molecule has 0 spiro atoms. The topological polar surface area (TPSA) is 64.9 Å². The SMILES string of the molecule is Cc1cccc2cc3c(N)noc3nc12. The van der Waals surface area contributed by atoms with Gasteiger partial charge in [-0.3, -0.25) is 0 Å². The first kappa shape index (κ1) is 8.23. The van der Waals surface area contributed by atoms with Crippen LogP contribution in [0.5, 0.6) is 0 Å². The van der Waals surface area contributed by atoms with Gasteiger partial charge in [-0.2, -0.15) is 0 Å². The van der Waals surface area contributed by atoms with Gasteiger partial charge < -0.3 is 10.3 Å². The molecule has 2 aromatic heterocycles. The van der Waals surface area contributed by atoms with Crippen molar-refractivity contribution in [3.63, 3.8) is 0 Å². The minimum Gasteiger partial charge on any atom is -0.380 e. The zero-order chi connectivity index (χ0) is 10.4. The number of aryl methyl sites for hydroxylation is 1. The zero-order valence-electron chi connectivity index (χ0n) is 8.19. The fraction of sp³-hybridized carbons (Fsp3) is 0.0909. The Labute approximate surface area is 85.7 Å². The standard InChI is InChI=1S/C11H9N3O/c1-6-3-2-4-7-5-8-10(12)14-15-11(8)13-9(6)7/h2-5H,1H3,(H2,12,14). The average molecular weight is 199 g/mol. The molecule has 3 rings (SSSR count). The lowest BCUT2D eigenvalue weighted by Gasteiger charge is -1.99. The van der Waals surface area contributed by atoms with E-state index < -0.39 is 0 Å². The Bertz CT molecular complexity index is 657. The van der Waals surface area contributed by atoms with Crippen molar-refractivity contribution in [2.24, 2.45) is 0 Å². The highest BCUT2D eigenvalue weighted by Gasteiger charge is 2.08. The van der Waals surface area contributed by atoms with Gasteiger partial charge in [-0.15, -0.1) is 0 Å². The monoisotopic (exact) mass is 199 g/mol. The van der Waals surface area contributed by atoms with Crippen LogP contribution in [0, 0.1) is 6.92 Å². The quantitative estimate of drug-likeness (QED) is 0.603. The third-order valence-corrected chi connectivity index (χ3v) is 2.52. The van der Waals surface area contributed by atoms with Crippen molar-refractivity contribution in [1.82, 2.24) is 10.1 Å². The molecule has 0 atom stereocenters. The second-order valence-corrected chi connectivity index (χ2v) is 3.56. The Hall–Kier alpha value is -2.10. The smallest absolute Gasteiger partial charge is 0.260 e. The summed E-state index contributed by atoms with van der Waals surface area (Å²) < 4.78 is 5.03. The van der Waals surface area contributed by atoms with Gasteiger partial charge in [0.2, 0.25) is 0 Å². The van der Waals surface area contributed by atoms with Crippen molar-refractivity contribution in [3.05, 3.63) is 29.8 Å². The van der Waals surface area contributed by atoms with Crippen molar-refractivity contribution in [2.45, 2.75) is 6.92 Å². The van der Waals surface area contributed by atoms with E-state index in [2.05, 4.69) is 10.1 Å². The highest BCUT2D eigenvalue weighted by atomic mass is 16.5. The number of nitrogen functional groups attached to an aromatic ring is 1. The number of anilines is 1. The molecule has 74 valence electrons. The summed E-state index contributed by atoms with van der Waals surface area (Å²) in [4.78, 5) is 4.39. The molecule has 3 aromatic rings. The molecule has 0 aliphatic rings. The van der Waals surface area contributed by atoms with E-state index in [-0.39, 0.29) is 0 Å². The maximum atomic E-state index is 5.66.